The molecular formula is C26H31NO2. The highest BCUT2D eigenvalue weighted by Crippen LogP contribution is 2.37. The number of benzene rings is 2. The molecule has 0 aromatic heterocycles. The average molecular weight is 390 g/mol. The molecule has 0 radical (unpaired) electrons. The maximum atomic E-state index is 12.7. The van der Waals surface area contributed by atoms with Gasteiger partial charge in [0.1, 0.15) is 5.75 Å². The summed E-state index contributed by atoms with van der Waals surface area (Å²) in [5.41, 5.74) is 2.72. The number of carbonyl (C=O) groups excluding carboxylic acids is 1. The number of unbranched alkanes of at least 4 members (excludes halogenated alkanes) is 2. The SMILES string of the molecule is CCCCCC1CCC(C(=O)Oc2ccc(-c3ccc(C#N)cc3)cc2)C(C)C1. The molecule has 152 valence electrons. The summed E-state index contributed by atoms with van der Waals surface area (Å²) < 4.78 is 5.70. The van der Waals surface area contributed by atoms with Crippen molar-refractivity contribution in [3.05, 3.63) is 54.1 Å². The van der Waals surface area contributed by atoms with Crippen LogP contribution in [0.1, 0.15) is 64.4 Å². The fraction of sp³-hybridized carbons (Fsp3) is 0.462. The number of rotatable bonds is 7. The van der Waals surface area contributed by atoms with Crippen molar-refractivity contribution in [3.8, 4) is 22.9 Å². The van der Waals surface area contributed by atoms with E-state index in [9.17, 15) is 4.79 Å². The van der Waals surface area contributed by atoms with Crippen LogP contribution in [-0.4, -0.2) is 5.97 Å². The first-order valence-electron chi connectivity index (χ1n) is 10.9. The Morgan fingerprint density at radius 1 is 1.03 bits per heavy atom. The van der Waals surface area contributed by atoms with Gasteiger partial charge in [0, 0.05) is 0 Å². The van der Waals surface area contributed by atoms with Crippen LogP contribution in [0.25, 0.3) is 11.1 Å². The maximum Gasteiger partial charge on any atom is 0.314 e. The molecule has 3 rings (SSSR count). The summed E-state index contributed by atoms with van der Waals surface area (Å²) in [4.78, 5) is 12.7. The predicted molar refractivity (Wildman–Crippen MR) is 116 cm³/mol. The molecule has 1 aliphatic carbocycles. The summed E-state index contributed by atoms with van der Waals surface area (Å²) in [7, 11) is 0. The molecule has 0 bridgehead atoms. The molecule has 3 atom stereocenters. The fourth-order valence-corrected chi connectivity index (χ4v) is 4.45. The summed E-state index contributed by atoms with van der Waals surface area (Å²) >= 11 is 0. The Balaban J connectivity index is 1.54. The Hall–Kier alpha value is -2.60. The first kappa shape index (κ1) is 21.1. The second kappa shape index (κ2) is 10.3. The highest BCUT2D eigenvalue weighted by Gasteiger charge is 2.33. The van der Waals surface area contributed by atoms with Crippen molar-refractivity contribution >= 4 is 5.97 Å². The molecule has 3 heteroatoms. The molecule has 0 aliphatic heterocycles. The molecule has 0 N–H and O–H groups in total. The van der Waals surface area contributed by atoms with E-state index in [0.29, 0.717) is 17.2 Å². The van der Waals surface area contributed by atoms with E-state index in [2.05, 4.69) is 19.9 Å². The number of carbonyl (C=O) groups is 1. The quantitative estimate of drug-likeness (QED) is 0.298. The van der Waals surface area contributed by atoms with Crippen molar-refractivity contribution in [2.24, 2.45) is 17.8 Å². The first-order valence-corrected chi connectivity index (χ1v) is 10.9. The lowest BCUT2D eigenvalue weighted by Crippen LogP contribution is -2.32. The van der Waals surface area contributed by atoms with E-state index < -0.39 is 0 Å². The third kappa shape index (κ3) is 5.70. The lowest BCUT2D eigenvalue weighted by Gasteiger charge is -2.32. The van der Waals surface area contributed by atoms with Gasteiger partial charge in [-0.05, 0) is 66.5 Å². The first-order chi connectivity index (χ1) is 14.1. The lowest BCUT2D eigenvalue weighted by atomic mass is 9.73. The van der Waals surface area contributed by atoms with Crippen molar-refractivity contribution in [3.63, 3.8) is 0 Å². The summed E-state index contributed by atoms with van der Waals surface area (Å²) in [5.74, 6) is 1.68. The van der Waals surface area contributed by atoms with Gasteiger partial charge in [-0.25, -0.2) is 0 Å². The van der Waals surface area contributed by atoms with E-state index >= 15 is 0 Å². The van der Waals surface area contributed by atoms with Gasteiger partial charge in [-0.1, -0.05) is 63.8 Å². The zero-order valence-electron chi connectivity index (χ0n) is 17.6. The summed E-state index contributed by atoms with van der Waals surface area (Å²) in [5, 5.41) is 8.91. The van der Waals surface area contributed by atoms with Gasteiger partial charge in [0.25, 0.3) is 0 Å². The van der Waals surface area contributed by atoms with Crippen LogP contribution in [0.3, 0.4) is 0 Å². The van der Waals surface area contributed by atoms with Gasteiger partial charge < -0.3 is 4.74 Å². The molecule has 0 saturated heterocycles. The molecule has 29 heavy (non-hydrogen) atoms. The van der Waals surface area contributed by atoms with Gasteiger partial charge in [0.2, 0.25) is 0 Å². The van der Waals surface area contributed by atoms with Crippen LogP contribution in [0.5, 0.6) is 5.75 Å². The third-order valence-electron chi connectivity index (χ3n) is 6.22. The smallest absolute Gasteiger partial charge is 0.314 e. The lowest BCUT2D eigenvalue weighted by molar-refractivity contribution is -0.142. The Morgan fingerprint density at radius 2 is 1.69 bits per heavy atom. The van der Waals surface area contributed by atoms with Crippen molar-refractivity contribution in [1.29, 1.82) is 5.26 Å². The minimum atomic E-state index is -0.0874. The molecule has 3 unspecified atom stereocenters. The zero-order valence-corrected chi connectivity index (χ0v) is 17.6. The Bertz CT molecular complexity index is 833. The van der Waals surface area contributed by atoms with E-state index in [-0.39, 0.29) is 11.9 Å². The topological polar surface area (TPSA) is 50.1 Å². The Labute approximate surface area is 174 Å². The number of nitrogens with zero attached hydrogens (tertiary/aromatic N) is 1. The van der Waals surface area contributed by atoms with Crippen molar-refractivity contribution in [2.75, 3.05) is 0 Å². The number of hydrogen-bond donors (Lipinski definition) is 0. The summed E-state index contributed by atoms with van der Waals surface area (Å²) in [6.07, 6.45) is 8.42. The standard InChI is InChI=1S/C26H31NO2/c1-3-4-5-6-20-9-16-25(19(2)17-20)26(28)29-24-14-12-23(13-15-24)22-10-7-21(18-27)8-11-22/h7-8,10-15,19-20,25H,3-6,9,16-17H2,1-2H3. The van der Waals surface area contributed by atoms with E-state index in [1.807, 2.05) is 48.5 Å². The van der Waals surface area contributed by atoms with E-state index in [4.69, 9.17) is 10.00 Å². The molecule has 0 heterocycles. The van der Waals surface area contributed by atoms with Gasteiger partial charge in [0.15, 0.2) is 0 Å². The van der Waals surface area contributed by atoms with Gasteiger partial charge >= 0.3 is 5.97 Å². The number of ether oxygens (including phenoxy) is 1. The molecule has 2 aromatic carbocycles. The second-order valence-electron chi connectivity index (χ2n) is 8.39. The summed E-state index contributed by atoms with van der Waals surface area (Å²) in [6, 6.07) is 17.2. The molecule has 0 amide bonds. The van der Waals surface area contributed by atoms with Crippen molar-refractivity contribution in [2.45, 2.75) is 58.8 Å². The molecule has 2 aromatic rings. The van der Waals surface area contributed by atoms with E-state index in [1.54, 1.807) is 0 Å². The van der Waals surface area contributed by atoms with Crippen LogP contribution in [0.4, 0.5) is 0 Å². The van der Waals surface area contributed by atoms with Crippen LogP contribution in [0.15, 0.2) is 48.5 Å². The average Bonchev–Trinajstić information content (AvgIpc) is 2.74. The summed E-state index contributed by atoms with van der Waals surface area (Å²) in [6.45, 7) is 4.44. The van der Waals surface area contributed by atoms with Crippen LogP contribution in [0, 0.1) is 29.1 Å². The third-order valence-corrected chi connectivity index (χ3v) is 6.22. The van der Waals surface area contributed by atoms with Crippen molar-refractivity contribution in [1.82, 2.24) is 0 Å². The van der Waals surface area contributed by atoms with Gasteiger partial charge in [-0.3, -0.25) is 4.79 Å². The highest BCUT2D eigenvalue weighted by atomic mass is 16.5. The molecular weight excluding hydrogens is 358 g/mol. The van der Waals surface area contributed by atoms with Gasteiger partial charge in [0.05, 0.1) is 17.6 Å². The largest absolute Gasteiger partial charge is 0.426 e. The number of nitriles is 1. The van der Waals surface area contributed by atoms with E-state index in [0.717, 1.165) is 36.3 Å². The molecule has 1 aliphatic rings. The number of hydrogen-bond acceptors (Lipinski definition) is 3. The molecule has 1 fully saturated rings. The molecule has 1 saturated carbocycles. The number of esters is 1. The van der Waals surface area contributed by atoms with Gasteiger partial charge in [-0.15, -0.1) is 0 Å². The van der Waals surface area contributed by atoms with Crippen molar-refractivity contribution < 1.29 is 9.53 Å². The second-order valence-corrected chi connectivity index (χ2v) is 8.39. The minimum Gasteiger partial charge on any atom is -0.426 e. The molecule has 3 nitrogen and oxygen atoms in total. The van der Waals surface area contributed by atoms with E-state index in [1.165, 1.54) is 25.7 Å². The van der Waals surface area contributed by atoms with Crippen LogP contribution >= 0.6 is 0 Å². The fourth-order valence-electron chi connectivity index (χ4n) is 4.45. The van der Waals surface area contributed by atoms with Gasteiger partial charge in [-0.2, -0.15) is 5.26 Å². The van der Waals surface area contributed by atoms with Crippen LogP contribution in [-0.2, 0) is 4.79 Å². The highest BCUT2D eigenvalue weighted by molar-refractivity contribution is 5.76. The molecule has 0 spiro atoms. The Morgan fingerprint density at radius 3 is 2.28 bits per heavy atom. The zero-order chi connectivity index (χ0) is 20.6. The normalized spacial score (nSPS) is 21.3. The Kier molecular flexibility index (Phi) is 7.47. The predicted octanol–water partition coefficient (Wildman–Crippen LogP) is 6.76. The van der Waals surface area contributed by atoms with Crippen LogP contribution in [0.2, 0.25) is 0 Å². The monoisotopic (exact) mass is 389 g/mol. The maximum absolute atomic E-state index is 12.7. The van der Waals surface area contributed by atoms with Crippen LogP contribution < -0.4 is 4.74 Å². The minimum absolute atomic E-state index is 0.00984.